The van der Waals surface area contributed by atoms with E-state index in [1.165, 1.54) is 31.1 Å². The van der Waals surface area contributed by atoms with Gasteiger partial charge in [0.25, 0.3) is 0 Å². The van der Waals surface area contributed by atoms with Crippen LogP contribution in [-0.4, -0.2) is 72.4 Å². The van der Waals surface area contributed by atoms with Gasteiger partial charge in [0, 0.05) is 6.20 Å². The Kier molecular flexibility index (Phi) is 4.68. The third-order valence-electron chi connectivity index (χ3n) is 4.38. The van der Waals surface area contributed by atoms with Gasteiger partial charge in [0.05, 0.1) is 24.7 Å². The molecule has 12 nitrogen and oxygen atoms in total. The van der Waals surface area contributed by atoms with Crippen molar-refractivity contribution in [2.75, 3.05) is 19.2 Å². The van der Waals surface area contributed by atoms with Gasteiger partial charge >= 0.3 is 0 Å². The second-order valence-corrected chi connectivity index (χ2v) is 6.04. The highest BCUT2D eigenvalue weighted by Crippen LogP contribution is 2.41. The van der Waals surface area contributed by atoms with Gasteiger partial charge in [-0.2, -0.15) is 0 Å². The summed E-state index contributed by atoms with van der Waals surface area (Å²) < 4.78 is 7.04. The first-order valence-electron chi connectivity index (χ1n) is 7.66. The van der Waals surface area contributed by atoms with Crippen LogP contribution in [0.5, 0.6) is 0 Å². The number of nitrogens with two attached hydrogens (primary N) is 1. The van der Waals surface area contributed by atoms with E-state index in [0.29, 0.717) is 5.39 Å². The minimum atomic E-state index is -1.73. The van der Waals surface area contributed by atoms with E-state index in [-0.39, 0.29) is 22.9 Å². The highest BCUT2D eigenvalue weighted by atomic mass is 16.6. The van der Waals surface area contributed by atoms with Crippen molar-refractivity contribution >= 4 is 22.7 Å². The lowest BCUT2D eigenvalue weighted by molar-refractivity contribution is -0.0948. The third-order valence-corrected chi connectivity index (χ3v) is 4.38. The molecule has 1 aliphatic rings. The Hall–Kier alpha value is -2.51. The lowest BCUT2D eigenvalue weighted by Gasteiger charge is -2.27. The van der Waals surface area contributed by atoms with Crippen molar-refractivity contribution in [1.82, 2.24) is 14.5 Å². The van der Waals surface area contributed by atoms with E-state index < -0.39 is 30.6 Å². The number of nitrogens with zero attached hydrogens (tertiary/aromatic N) is 4. The second-order valence-electron chi connectivity index (χ2n) is 6.04. The molecule has 12 heteroatoms. The van der Waals surface area contributed by atoms with E-state index in [1.807, 2.05) is 0 Å². The summed E-state index contributed by atoms with van der Waals surface area (Å²) in [6.07, 6.45) is -0.720. The van der Waals surface area contributed by atoms with Crippen LogP contribution in [0.3, 0.4) is 0 Å². The molecular weight excluding hydrogens is 348 g/mol. The van der Waals surface area contributed by atoms with Crippen molar-refractivity contribution < 1.29 is 30.1 Å². The van der Waals surface area contributed by atoms with Gasteiger partial charge in [0.15, 0.2) is 17.9 Å². The number of hydrogen-bond acceptors (Lipinski definition) is 10. The summed E-state index contributed by atoms with van der Waals surface area (Å²) in [4.78, 5) is 13.1. The summed E-state index contributed by atoms with van der Waals surface area (Å²) in [6.45, 7) is 0.897. The Morgan fingerprint density at radius 1 is 1.54 bits per heavy atom. The smallest absolute Gasteiger partial charge is 0.172 e. The highest BCUT2D eigenvalue weighted by Gasteiger charge is 2.53. The van der Waals surface area contributed by atoms with Crippen LogP contribution in [0, 0.1) is 0 Å². The zero-order valence-corrected chi connectivity index (χ0v) is 14.1. The van der Waals surface area contributed by atoms with E-state index in [1.54, 1.807) is 0 Å². The van der Waals surface area contributed by atoms with Gasteiger partial charge in [-0.15, -0.1) is 0 Å². The maximum absolute atomic E-state index is 10.7. The maximum atomic E-state index is 10.7. The van der Waals surface area contributed by atoms with Gasteiger partial charge in [0.2, 0.25) is 0 Å². The molecule has 4 atom stereocenters. The summed E-state index contributed by atoms with van der Waals surface area (Å²) in [7, 11) is 1.39. The van der Waals surface area contributed by atoms with E-state index in [9.17, 15) is 15.3 Å². The zero-order valence-electron chi connectivity index (χ0n) is 14.1. The van der Waals surface area contributed by atoms with Crippen LogP contribution < -0.4 is 11.2 Å². The van der Waals surface area contributed by atoms with Crippen LogP contribution in [0.25, 0.3) is 11.0 Å². The number of nitrogens with one attached hydrogen (secondary N) is 1. The number of aromatic nitrogens is 3. The summed E-state index contributed by atoms with van der Waals surface area (Å²) >= 11 is 0. The monoisotopic (exact) mass is 368 g/mol. The first-order chi connectivity index (χ1) is 12.4. The molecule has 0 bridgehead atoms. The largest absolute Gasteiger partial charge is 0.409 e. The van der Waals surface area contributed by atoms with Gasteiger partial charge < -0.3 is 35.6 Å². The Morgan fingerprint density at radius 2 is 2.27 bits per heavy atom. The quantitative estimate of drug-likeness (QED) is 0.157. The number of rotatable bonds is 5. The number of aliphatic hydroxyl groups excluding tert-OH is 2. The Balaban J connectivity index is 2.23. The molecule has 3 heterocycles. The van der Waals surface area contributed by atoms with Crippen molar-refractivity contribution in [2.24, 2.45) is 10.9 Å². The Morgan fingerprint density at radius 3 is 2.85 bits per heavy atom. The van der Waals surface area contributed by atoms with Crippen molar-refractivity contribution in [3.63, 3.8) is 0 Å². The van der Waals surface area contributed by atoms with Gasteiger partial charge in [-0.25, -0.2) is 15.4 Å². The average Bonchev–Trinajstić information content (AvgIpc) is 3.11. The molecule has 1 fully saturated rings. The Labute approximate surface area is 147 Å². The van der Waals surface area contributed by atoms with E-state index in [4.69, 9.17) is 20.5 Å². The van der Waals surface area contributed by atoms with Crippen LogP contribution in [-0.2, 0) is 9.57 Å². The molecule has 0 amide bonds. The second kappa shape index (κ2) is 6.66. The third kappa shape index (κ3) is 2.64. The van der Waals surface area contributed by atoms with Gasteiger partial charge in [-0.1, -0.05) is 5.16 Å². The van der Waals surface area contributed by atoms with Crippen molar-refractivity contribution in [2.45, 2.75) is 31.0 Å². The topological polar surface area (TPSA) is 180 Å². The highest BCUT2D eigenvalue weighted by molar-refractivity contribution is 6.11. The number of aliphatic hydroxyl groups is 3. The van der Waals surface area contributed by atoms with Crippen LogP contribution in [0.1, 0.15) is 18.7 Å². The zero-order chi connectivity index (χ0) is 19.1. The fourth-order valence-electron chi connectivity index (χ4n) is 3.08. The fourth-order valence-corrected chi connectivity index (χ4v) is 3.08. The van der Waals surface area contributed by atoms with Crippen LogP contribution in [0.15, 0.2) is 17.7 Å². The molecule has 3 rings (SSSR count). The van der Waals surface area contributed by atoms with E-state index in [2.05, 4.69) is 20.6 Å². The molecule has 0 aliphatic carbocycles. The minimum Gasteiger partial charge on any atom is -0.409 e. The van der Waals surface area contributed by atoms with Gasteiger partial charge in [0.1, 0.15) is 29.8 Å². The molecule has 2 aromatic heterocycles. The molecular formula is C14H20N6O6. The molecule has 142 valence electrons. The first-order valence-corrected chi connectivity index (χ1v) is 7.66. The van der Waals surface area contributed by atoms with E-state index >= 15 is 0 Å². The van der Waals surface area contributed by atoms with Gasteiger partial charge in [-0.3, -0.25) is 4.84 Å². The van der Waals surface area contributed by atoms with Gasteiger partial charge in [-0.05, 0) is 6.92 Å². The molecule has 1 saturated heterocycles. The predicted molar refractivity (Wildman–Crippen MR) is 88.3 cm³/mol. The lowest BCUT2D eigenvalue weighted by Crippen LogP contribution is -2.44. The Bertz CT molecular complexity index is 837. The average molecular weight is 368 g/mol. The summed E-state index contributed by atoms with van der Waals surface area (Å²) in [5, 5.41) is 42.7. The number of hydrogen-bond donors (Lipinski definition) is 6. The fraction of sp³-hybridized carbons (Fsp3) is 0.500. The van der Waals surface area contributed by atoms with Crippen LogP contribution in [0.2, 0.25) is 0 Å². The first kappa shape index (κ1) is 18.3. The number of oxime groups is 1. The summed E-state index contributed by atoms with van der Waals surface area (Å²) in [5.41, 5.74) is 7.12. The van der Waals surface area contributed by atoms with E-state index in [0.717, 1.165) is 0 Å². The molecule has 0 saturated carbocycles. The molecule has 0 aromatic carbocycles. The molecule has 7 N–H and O–H groups in total. The van der Waals surface area contributed by atoms with Crippen LogP contribution in [0.4, 0.5) is 5.82 Å². The molecule has 1 aliphatic heterocycles. The lowest BCUT2D eigenvalue weighted by atomic mass is 9.96. The normalized spacial score (nSPS) is 29.4. The molecule has 0 radical (unpaired) electrons. The van der Waals surface area contributed by atoms with Crippen molar-refractivity contribution in [3.8, 4) is 0 Å². The molecule has 1 unspecified atom stereocenters. The summed E-state index contributed by atoms with van der Waals surface area (Å²) in [5.74, 6) is 0.0225. The van der Waals surface area contributed by atoms with Crippen molar-refractivity contribution in [1.29, 1.82) is 0 Å². The number of amidine groups is 1. The molecule has 26 heavy (non-hydrogen) atoms. The van der Waals surface area contributed by atoms with Crippen LogP contribution >= 0.6 is 0 Å². The number of fused-ring (bicyclic) bond motifs is 1. The summed E-state index contributed by atoms with van der Waals surface area (Å²) in [6, 6.07) is 0. The standard InChI is InChI=1S/C14H20N6O6/c1-14(23)9(22)7(4-21)26-13(14)20-3-6(10(15)18-24)8-11(19-25-2)16-5-17-12(8)20/h3,5,7,9,13,21-24H,4H2,1-2H3,(H2,15,18)(H,16,17,19)/t7-,9-,13?,14-/m1/s1. The molecule has 2 aromatic rings. The van der Waals surface area contributed by atoms with Crippen molar-refractivity contribution in [3.05, 3.63) is 18.1 Å². The minimum absolute atomic E-state index is 0.223. The number of ether oxygens (including phenoxy) is 1. The molecule has 0 spiro atoms. The predicted octanol–water partition coefficient (Wildman–Crippen LogP) is -1.50. The SMILES string of the molecule is CONc1ncnc2c1c(/C(N)=N\O)cn2C1O[C@H](CO)[C@@H](O)[C@@]1(C)O. The maximum Gasteiger partial charge on any atom is 0.172 e. The number of anilines is 1.